The molecule has 2 aromatic carbocycles. The molecule has 0 bridgehead atoms. The van der Waals surface area contributed by atoms with Crippen molar-refractivity contribution >= 4 is 22.5 Å². The van der Waals surface area contributed by atoms with E-state index in [0.717, 1.165) is 41.1 Å². The molecule has 1 aliphatic rings. The molecular weight excluding hydrogens is 326 g/mol. The molecule has 6 nitrogen and oxygen atoms in total. The van der Waals surface area contributed by atoms with Crippen molar-refractivity contribution in [1.29, 1.82) is 0 Å². The second-order valence-corrected chi connectivity index (χ2v) is 6.69. The lowest BCUT2D eigenvalue weighted by atomic mass is 10.1. The summed E-state index contributed by atoms with van der Waals surface area (Å²) in [5.74, 6) is 2.05. The third kappa shape index (κ3) is 3.69. The third-order valence-corrected chi connectivity index (χ3v) is 4.83. The lowest BCUT2D eigenvalue weighted by molar-refractivity contribution is 0.252. The highest BCUT2D eigenvalue weighted by Crippen LogP contribution is 2.18. The number of urea groups is 1. The van der Waals surface area contributed by atoms with E-state index in [0.29, 0.717) is 13.0 Å². The number of anilines is 1. The van der Waals surface area contributed by atoms with Crippen LogP contribution in [-0.2, 0) is 19.4 Å². The summed E-state index contributed by atoms with van der Waals surface area (Å²) in [5.41, 5.74) is 0.789. The molecule has 0 fully saturated rings. The van der Waals surface area contributed by atoms with Crippen molar-refractivity contribution < 1.29 is 4.79 Å². The second-order valence-electron chi connectivity index (χ2n) is 6.69. The predicted molar refractivity (Wildman–Crippen MR) is 102 cm³/mol. The molecule has 26 heavy (non-hydrogen) atoms. The Bertz CT molecular complexity index is 917. The maximum absolute atomic E-state index is 12.2. The molecule has 2 amide bonds. The number of fused-ring (bicyclic) bond motifs is 2. The van der Waals surface area contributed by atoms with Gasteiger partial charge in [0.25, 0.3) is 0 Å². The van der Waals surface area contributed by atoms with E-state index in [2.05, 4.69) is 31.5 Å². The van der Waals surface area contributed by atoms with Crippen LogP contribution in [0.2, 0.25) is 0 Å². The monoisotopic (exact) mass is 349 g/mol. The number of aryl methyl sites for hydroxylation is 1. The van der Waals surface area contributed by atoms with E-state index in [1.807, 2.05) is 36.4 Å². The average molecular weight is 349 g/mol. The van der Waals surface area contributed by atoms with Crippen molar-refractivity contribution in [3.05, 3.63) is 54.1 Å². The number of carbonyl (C=O) groups excluding carboxylic acids is 1. The first kappa shape index (κ1) is 16.6. The average Bonchev–Trinajstić information content (AvgIpc) is 2.88. The van der Waals surface area contributed by atoms with Gasteiger partial charge in [-0.25, -0.2) is 4.79 Å². The molecule has 0 atom stereocenters. The summed E-state index contributed by atoms with van der Waals surface area (Å²) in [7, 11) is 0. The van der Waals surface area contributed by atoms with Gasteiger partial charge in [0, 0.05) is 31.6 Å². The summed E-state index contributed by atoms with van der Waals surface area (Å²) in [4.78, 5) is 12.2. The summed E-state index contributed by atoms with van der Waals surface area (Å²) in [6, 6.07) is 13.8. The van der Waals surface area contributed by atoms with Crippen molar-refractivity contribution in [1.82, 2.24) is 20.1 Å². The van der Waals surface area contributed by atoms with Gasteiger partial charge in [-0.15, -0.1) is 10.2 Å². The molecule has 4 rings (SSSR count). The zero-order valence-electron chi connectivity index (χ0n) is 14.7. The first-order valence-electron chi connectivity index (χ1n) is 9.24. The van der Waals surface area contributed by atoms with Crippen LogP contribution in [0.25, 0.3) is 10.8 Å². The molecule has 6 heteroatoms. The Balaban J connectivity index is 1.32. The first-order valence-corrected chi connectivity index (χ1v) is 9.24. The van der Waals surface area contributed by atoms with Gasteiger partial charge in [0.15, 0.2) is 0 Å². The summed E-state index contributed by atoms with van der Waals surface area (Å²) in [5, 5.41) is 16.7. The van der Waals surface area contributed by atoms with Gasteiger partial charge in [-0.1, -0.05) is 36.8 Å². The maximum atomic E-state index is 12.2. The fourth-order valence-corrected chi connectivity index (χ4v) is 3.46. The molecule has 0 unspecified atom stereocenters. The number of amides is 2. The highest BCUT2D eigenvalue weighted by molar-refractivity contribution is 5.93. The minimum Gasteiger partial charge on any atom is -0.337 e. The number of aromatic nitrogens is 3. The highest BCUT2D eigenvalue weighted by atomic mass is 16.2. The van der Waals surface area contributed by atoms with E-state index in [-0.39, 0.29) is 6.03 Å². The van der Waals surface area contributed by atoms with Crippen LogP contribution in [0, 0.1) is 0 Å². The number of carbonyl (C=O) groups is 1. The predicted octanol–water partition coefficient (Wildman–Crippen LogP) is 3.52. The smallest absolute Gasteiger partial charge is 0.319 e. The molecular formula is C20H23N5O. The van der Waals surface area contributed by atoms with Crippen LogP contribution in [0.5, 0.6) is 0 Å². The Morgan fingerprint density at radius 3 is 2.85 bits per heavy atom. The van der Waals surface area contributed by atoms with Crippen LogP contribution >= 0.6 is 0 Å². The zero-order chi connectivity index (χ0) is 17.8. The molecule has 1 aliphatic heterocycles. The molecule has 0 saturated heterocycles. The fourth-order valence-electron chi connectivity index (χ4n) is 3.46. The van der Waals surface area contributed by atoms with Crippen LogP contribution in [0.4, 0.5) is 10.5 Å². The van der Waals surface area contributed by atoms with Gasteiger partial charge in [0.1, 0.15) is 11.6 Å². The van der Waals surface area contributed by atoms with E-state index >= 15 is 0 Å². The molecule has 0 saturated carbocycles. The third-order valence-electron chi connectivity index (χ3n) is 4.83. The van der Waals surface area contributed by atoms with Crippen LogP contribution in [0.15, 0.2) is 42.5 Å². The highest BCUT2D eigenvalue weighted by Gasteiger charge is 2.14. The minimum absolute atomic E-state index is 0.198. The van der Waals surface area contributed by atoms with Gasteiger partial charge in [-0.2, -0.15) is 0 Å². The van der Waals surface area contributed by atoms with Gasteiger partial charge in [-0.05, 0) is 35.7 Å². The summed E-state index contributed by atoms with van der Waals surface area (Å²) in [6.45, 7) is 1.53. The topological polar surface area (TPSA) is 71.8 Å². The Hall–Kier alpha value is -2.89. The van der Waals surface area contributed by atoms with Gasteiger partial charge in [0.2, 0.25) is 0 Å². The van der Waals surface area contributed by atoms with E-state index in [1.54, 1.807) is 0 Å². The largest absolute Gasteiger partial charge is 0.337 e. The van der Waals surface area contributed by atoms with Crippen molar-refractivity contribution in [2.75, 3.05) is 11.9 Å². The number of nitrogens with one attached hydrogen (secondary N) is 2. The van der Waals surface area contributed by atoms with Gasteiger partial charge < -0.3 is 15.2 Å². The van der Waals surface area contributed by atoms with Crippen LogP contribution in [0.1, 0.15) is 30.9 Å². The Kier molecular flexibility index (Phi) is 4.82. The van der Waals surface area contributed by atoms with E-state index in [9.17, 15) is 4.79 Å². The number of hydrogen-bond donors (Lipinski definition) is 2. The Morgan fingerprint density at radius 2 is 1.92 bits per heavy atom. The van der Waals surface area contributed by atoms with Crippen LogP contribution < -0.4 is 10.6 Å². The van der Waals surface area contributed by atoms with Crippen molar-refractivity contribution in [3.8, 4) is 0 Å². The molecule has 0 aliphatic carbocycles. The summed E-state index contributed by atoms with van der Waals surface area (Å²) < 4.78 is 2.22. The number of benzene rings is 2. The standard InChI is InChI=1S/C20H23N5O/c26-20(22-17-10-9-15-6-3-4-7-16(15)14-17)21-12-11-19-24-23-18-8-2-1-5-13-25(18)19/h3-4,6-7,9-10,14H,1-2,5,8,11-13H2,(H2,21,22,26). The Labute approximate surface area is 152 Å². The van der Waals surface area contributed by atoms with Crippen molar-refractivity contribution in [3.63, 3.8) is 0 Å². The van der Waals surface area contributed by atoms with Crippen molar-refractivity contribution in [2.24, 2.45) is 0 Å². The zero-order valence-corrected chi connectivity index (χ0v) is 14.7. The molecule has 2 heterocycles. The van der Waals surface area contributed by atoms with Crippen LogP contribution in [0.3, 0.4) is 0 Å². The SMILES string of the molecule is O=C(NCCc1nnc2n1CCCCC2)Nc1ccc2ccccc2c1. The molecule has 0 radical (unpaired) electrons. The molecule has 2 N–H and O–H groups in total. The van der Waals surface area contributed by atoms with E-state index in [1.165, 1.54) is 19.3 Å². The number of nitrogens with zero attached hydrogens (tertiary/aromatic N) is 3. The van der Waals surface area contributed by atoms with Crippen LogP contribution in [-0.4, -0.2) is 27.3 Å². The maximum Gasteiger partial charge on any atom is 0.319 e. The molecule has 1 aromatic heterocycles. The first-order chi connectivity index (χ1) is 12.8. The minimum atomic E-state index is -0.198. The van der Waals surface area contributed by atoms with Gasteiger partial charge in [0.05, 0.1) is 0 Å². The normalized spacial score (nSPS) is 13.8. The molecule has 0 spiro atoms. The number of hydrogen-bond acceptors (Lipinski definition) is 3. The van der Waals surface area contributed by atoms with E-state index in [4.69, 9.17) is 0 Å². The van der Waals surface area contributed by atoms with Crippen molar-refractivity contribution in [2.45, 2.75) is 38.6 Å². The lowest BCUT2D eigenvalue weighted by Gasteiger charge is -2.09. The summed E-state index contributed by atoms with van der Waals surface area (Å²) >= 11 is 0. The fraction of sp³-hybridized carbons (Fsp3) is 0.350. The quantitative estimate of drug-likeness (QED) is 0.757. The second kappa shape index (κ2) is 7.56. The summed E-state index contributed by atoms with van der Waals surface area (Å²) in [6.07, 6.45) is 5.30. The van der Waals surface area contributed by atoms with Gasteiger partial charge >= 0.3 is 6.03 Å². The number of rotatable bonds is 4. The molecule has 134 valence electrons. The lowest BCUT2D eigenvalue weighted by Crippen LogP contribution is -2.31. The molecule has 3 aromatic rings. The Morgan fingerprint density at radius 1 is 1.04 bits per heavy atom. The van der Waals surface area contributed by atoms with E-state index < -0.39 is 0 Å². The van der Waals surface area contributed by atoms with Gasteiger partial charge in [-0.3, -0.25) is 0 Å².